The number of carbonyl (C=O) groups is 1. The minimum absolute atomic E-state index is 0.0731. The second-order valence-corrected chi connectivity index (χ2v) is 3.58. The summed E-state index contributed by atoms with van der Waals surface area (Å²) in [4.78, 5) is 10.8. The van der Waals surface area contributed by atoms with Crippen LogP contribution in [-0.2, 0) is 0 Å². The topological polar surface area (TPSA) is 46.5 Å². The zero-order valence-corrected chi connectivity index (χ0v) is 9.01. The van der Waals surface area contributed by atoms with E-state index in [0.717, 1.165) is 6.07 Å². The van der Waals surface area contributed by atoms with E-state index in [1.165, 1.54) is 6.07 Å². The zero-order valence-electron chi connectivity index (χ0n) is 8.25. The van der Waals surface area contributed by atoms with Crippen LogP contribution in [0, 0.1) is 5.82 Å². The molecule has 0 fully saturated rings. The number of carboxylic acids is 1. The smallest absolute Gasteiger partial charge is 0.341 e. The molecule has 0 amide bonds. The molecule has 0 atom stereocenters. The Morgan fingerprint density at radius 2 is 2.13 bits per heavy atom. The highest BCUT2D eigenvalue weighted by molar-refractivity contribution is 6.34. The molecule has 0 saturated carbocycles. The molecule has 1 aromatic rings. The lowest BCUT2D eigenvalue weighted by Gasteiger charge is -2.13. The fraction of sp³-hybridized carbons (Fsp3) is 0.300. The predicted octanol–water partition coefficient (Wildman–Crippen LogP) is 2.96. The molecule has 3 nitrogen and oxygen atoms in total. The van der Waals surface area contributed by atoms with Gasteiger partial charge in [0.15, 0.2) is 0 Å². The number of benzene rings is 1. The third-order valence-corrected chi connectivity index (χ3v) is 2.00. The molecular weight excluding hydrogens is 223 g/mol. The summed E-state index contributed by atoms with van der Waals surface area (Å²) >= 11 is 5.54. The second kappa shape index (κ2) is 4.49. The van der Waals surface area contributed by atoms with Gasteiger partial charge in [0.2, 0.25) is 0 Å². The molecule has 0 aliphatic carbocycles. The number of hydrogen-bond donors (Lipinski definition) is 1. The van der Waals surface area contributed by atoms with Gasteiger partial charge in [-0.1, -0.05) is 11.6 Å². The lowest BCUT2D eigenvalue weighted by atomic mass is 10.2. The van der Waals surface area contributed by atoms with Crippen molar-refractivity contribution >= 4 is 17.6 Å². The molecule has 0 heterocycles. The Labute approximate surface area is 91.4 Å². The first-order valence-corrected chi connectivity index (χ1v) is 4.69. The van der Waals surface area contributed by atoms with Crippen LogP contribution in [0.2, 0.25) is 5.02 Å². The number of ether oxygens (including phenoxy) is 1. The van der Waals surface area contributed by atoms with Crippen LogP contribution >= 0.6 is 11.6 Å². The Hall–Kier alpha value is -1.29. The van der Waals surface area contributed by atoms with Crippen LogP contribution in [0.25, 0.3) is 0 Å². The van der Waals surface area contributed by atoms with Crippen LogP contribution in [0.5, 0.6) is 5.75 Å². The number of aromatic carboxylic acids is 1. The minimum atomic E-state index is -1.31. The highest BCUT2D eigenvalue weighted by Gasteiger charge is 2.19. The normalized spacial score (nSPS) is 10.5. The quantitative estimate of drug-likeness (QED) is 0.872. The maximum Gasteiger partial charge on any atom is 0.341 e. The van der Waals surface area contributed by atoms with E-state index in [-0.39, 0.29) is 17.4 Å². The fourth-order valence-corrected chi connectivity index (χ4v) is 1.32. The van der Waals surface area contributed by atoms with Crippen molar-refractivity contribution in [1.29, 1.82) is 0 Å². The van der Waals surface area contributed by atoms with Crippen molar-refractivity contribution in [2.24, 2.45) is 0 Å². The first-order chi connectivity index (χ1) is 6.93. The summed E-state index contributed by atoms with van der Waals surface area (Å²) in [5, 5.41) is 8.42. The van der Waals surface area contributed by atoms with Gasteiger partial charge in [-0.15, -0.1) is 0 Å². The third-order valence-electron chi connectivity index (χ3n) is 1.63. The molecule has 0 aliphatic rings. The van der Waals surface area contributed by atoms with Gasteiger partial charge in [0.1, 0.15) is 17.1 Å². The van der Waals surface area contributed by atoms with Gasteiger partial charge >= 0.3 is 5.97 Å². The molecule has 1 aromatic carbocycles. The Kier molecular flexibility index (Phi) is 3.52. The van der Waals surface area contributed by atoms with E-state index >= 15 is 0 Å². The summed E-state index contributed by atoms with van der Waals surface area (Å²) in [5.74, 6) is -2.01. The van der Waals surface area contributed by atoms with E-state index in [4.69, 9.17) is 21.4 Å². The van der Waals surface area contributed by atoms with Crippen LogP contribution in [0.3, 0.4) is 0 Å². The molecule has 0 radical (unpaired) electrons. The highest BCUT2D eigenvalue weighted by atomic mass is 35.5. The van der Waals surface area contributed by atoms with Gasteiger partial charge in [-0.25, -0.2) is 9.18 Å². The van der Waals surface area contributed by atoms with Gasteiger partial charge in [-0.3, -0.25) is 0 Å². The van der Waals surface area contributed by atoms with Crippen molar-refractivity contribution in [1.82, 2.24) is 0 Å². The van der Waals surface area contributed by atoms with E-state index in [2.05, 4.69) is 0 Å². The van der Waals surface area contributed by atoms with Crippen LogP contribution in [-0.4, -0.2) is 17.2 Å². The summed E-state index contributed by atoms with van der Waals surface area (Å²) < 4.78 is 18.2. The second-order valence-electron chi connectivity index (χ2n) is 3.21. The Balaban J connectivity index is 3.27. The molecule has 0 aliphatic heterocycles. The van der Waals surface area contributed by atoms with Crippen molar-refractivity contribution < 1.29 is 19.0 Å². The van der Waals surface area contributed by atoms with Crippen LogP contribution in [0.15, 0.2) is 12.1 Å². The Morgan fingerprint density at radius 3 is 2.60 bits per heavy atom. The first-order valence-electron chi connectivity index (χ1n) is 4.31. The Morgan fingerprint density at radius 1 is 1.53 bits per heavy atom. The van der Waals surface area contributed by atoms with Gasteiger partial charge in [-0.2, -0.15) is 0 Å². The monoisotopic (exact) mass is 232 g/mol. The van der Waals surface area contributed by atoms with E-state index < -0.39 is 16.8 Å². The van der Waals surface area contributed by atoms with Crippen molar-refractivity contribution in [3.8, 4) is 5.75 Å². The summed E-state index contributed by atoms with van der Waals surface area (Å²) in [6.07, 6.45) is -0.204. The summed E-state index contributed by atoms with van der Waals surface area (Å²) in [6, 6.07) is 2.33. The molecular formula is C10H10ClFO3. The molecule has 0 saturated heterocycles. The lowest BCUT2D eigenvalue weighted by Crippen LogP contribution is -2.10. The van der Waals surface area contributed by atoms with Crippen LogP contribution in [0.4, 0.5) is 4.39 Å². The molecule has 15 heavy (non-hydrogen) atoms. The molecule has 0 bridgehead atoms. The van der Waals surface area contributed by atoms with E-state index in [9.17, 15) is 9.18 Å². The van der Waals surface area contributed by atoms with Crippen molar-refractivity contribution in [3.63, 3.8) is 0 Å². The molecule has 1 N–H and O–H groups in total. The Bertz CT molecular complexity index is 390. The summed E-state index contributed by atoms with van der Waals surface area (Å²) in [7, 11) is 0. The summed E-state index contributed by atoms with van der Waals surface area (Å²) in [5.41, 5.74) is -0.342. The number of hydrogen-bond acceptors (Lipinski definition) is 2. The van der Waals surface area contributed by atoms with Crippen molar-refractivity contribution in [3.05, 3.63) is 28.5 Å². The molecule has 0 aromatic heterocycles. The van der Waals surface area contributed by atoms with Gasteiger partial charge in [0.05, 0.1) is 11.1 Å². The third kappa shape index (κ3) is 2.59. The van der Waals surface area contributed by atoms with E-state index in [1.54, 1.807) is 13.8 Å². The van der Waals surface area contributed by atoms with Gasteiger partial charge < -0.3 is 9.84 Å². The minimum Gasteiger partial charge on any atom is -0.490 e. The summed E-state index contributed by atoms with van der Waals surface area (Å²) in [6.45, 7) is 3.48. The molecule has 0 unspecified atom stereocenters. The molecule has 5 heteroatoms. The average Bonchev–Trinajstić information content (AvgIpc) is 2.10. The van der Waals surface area contributed by atoms with Gasteiger partial charge in [-0.05, 0) is 26.0 Å². The maximum atomic E-state index is 13.0. The van der Waals surface area contributed by atoms with Crippen molar-refractivity contribution in [2.75, 3.05) is 0 Å². The van der Waals surface area contributed by atoms with Crippen molar-refractivity contribution in [2.45, 2.75) is 20.0 Å². The van der Waals surface area contributed by atoms with Crippen LogP contribution < -0.4 is 4.74 Å². The van der Waals surface area contributed by atoms with Gasteiger partial charge in [0, 0.05) is 0 Å². The fourth-order valence-electron chi connectivity index (χ4n) is 1.08. The number of halogens is 2. The maximum absolute atomic E-state index is 13.0. The van der Waals surface area contributed by atoms with Crippen LogP contribution in [0.1, 0.15) is 24.2 Å². The van der Waals surface area contributed by atoms with E-state index in [1.807, 2.05) is 0 Å². The first kappa shape index (κ1) is 11.8. The SMILES string of the molecule is CC(C)Oc1ccc(F)c(Cl)c1C(=O)O. The molecule has 82 valence electrons. The number of rotatable bonds is 3. The molecule has 0 spiro atoms. The predicted molar refractivity (Wildman–Crippen MR) is 54.1 cm³/mol. The zero-order chi connectivity index (χ0) is 11.6. The standard InChI is InChI=1S/C10H10ClFO3/c1-5(2)15-7-4-3-6(12)9(11)8(7)10(13)14/h3-5H,1-2H3,(H,13,14). The number of carboxylic acid groups (broad SMARTS) is 1. The van der Waals surface area contributed by atoms with Gasteiger partial charge in [0.25, 0.3) is 0 Å². The molecule has 1 rings (SSSR count). The average molecular weight is 233 g/mol. The van der Waals surface area contributed by atoms with E-state index in [0.29, 0.717) is 0 Å². The largest absolute Gasteiger partial charge is 0.490 e. The highest BCUT2D eigenvalue weighted by Crippen LogP contribution is 2.29. The lowest BCUT2D eigenvalue weighted by molar-refractivity contribution is 0.0690.